The van der Waals surface area contributed by atoms with Crippen molar-refractivity contribution in [1.82, 2.24) is 4.72 Å². The van der Waals surface area contributed by atoms with Crippen LogP contribution < -0.4 is 4.72 Å². The van der Waals surface area contributed by atoms with Gasteiger partial charge in [0.05, 0.1) is 7.57 Å². The number of rotatable bonds is 8. The molecule has 7 nitrogen and oxygen atoms in total. The highest BCUT2D eigenvalue weighted by Crippen LogP contribution is 2.34. The van der Waals surface area contributed by atoms with E-state index < -0.39 is 28.0 Å². The van der Waals surface area contributed by atoms with Crippen molar-refractivity contribution >= 4 is 65.2 Å². The molecule has 3 N–H and O–H groups in total. The molecule has 0 aliphatic rings. The zero-order valence-corrected chi connectivity index (χ0v) is 15.2. The molecule has 0 aliphatic heterocycles. The van der Waals surface area contributed by atoms with Gasteiger partial charge in [0.15, 0.2) is 0 Å². The fourth-order valence-electron chi connectivity index (χ4n) is 1.45. The predicted octanol–water partition coefficient (Wildman–Crippen LogP) is 2.26. The van der Waals surface area contributed by atoms with Crippen molar-refractivity contribution < 1.29 is 28.2 Å². The summed E-state index contributed by atoms with van der Waals surface area (Å²) >= 11 is 7.38. The minimum absolute atomic E-state index is 0.0589. The zero-order chi connectivity index (χ0) is 16.2. The SMILES string of the molecule is O=C(O)CCC[C@@H](NS(=O)(=O)c1cc(Br)sc1Br)C(=O)O. The third-order valence-electron chi connectivity index (χ3n) is 2.39. The first kappa shape index (κ1) is 18.6. The molecule has 118 valence electrons. The molecule has 0 unspecified atom stereocenters. The fourth-order valence-corrected chi connectivity index (χ4v) is 6.48. The molecule has 1 aromatic heterocycles. The maximum Gasteiger partial charge on any atom is 0.321 e. The van der Waals surface area contributed by atoms with Crippen LogP contribution >= 0.6 is 43.2 Å². The Morgan fingerprint density at radius 2 is 1.95 bits per heavy atom. The summed E-state index contributed by atoms with van der Waals surface area (Å²) in [4.78, 5) is 21.4. The highest BCUT2D eigenvalue weighted by Gasteiger charge is 2.27. The number of thiophene rings is 1. The van der Waals surface area contributed by atoms with Crippen LogP contribution in [0.25, 0.3) is 0 Å². The van der Waals surface area contributed by atoms with E-state index in [0.29, 0.717) is 7.57 Å². The molecule has 0 radical (unpaired) electrons. The van der Waals surface area contributed by atoms with Gasteiger partial charge < -0.3 is 10.2 Å². The van der Waals surface area contributed by atoms with Gasteiger partial charge in [-0.15, -0.1) is 11.3 Å². The Morgan fingerprint density at radius 1 is 1.33 bits per heavy atom. The lowest BCUT2D eigenvalue weighted by Gasteiger charge is -2.14. The van der Waals surface area contributed by atoms with E-state index in [1.165, 1.54) is 6.07 Å². The number of hydrogen-bond acceptors (Lipinski definition) is 5. The van der Waals surface area contributed by atoms with Crippen LogP contribution in [0.15, 0.2) is 18.5 Å². The number of carbonyl (C=O) groups is 2. The summed E-state index contributed by atoms with van der Waals surface area (Å²) in [5, 5.41) is 17.5. The largest absolute Gasteiger partial charge is 0.481 e. The van der Waals surface area contributed by atoms with Crippen molar-refractivity contribution in [3.05, 3.63) is 13.6 Å². The molecule has 1 rings (SSSR count). The Bertz CT molecular complexity index is 642. The molecule has 0 saturated carbocycles. The molecule has 1 aromatic rings. The molecule has 0 aliphatic carbocycles. The van der Waals surface area contributed by atoms with Crippen LogP contribution in [0.3, 0.4) is 0 Å². The van der Waals surface area contributed by atoms with Gasteiger partial charge in [0.1, 0.15) is 10.9 Å². The molecule has 1 heterocycles. The van der Waals surface area contributed by atoms with Crippen LogP contribution in [0.2, 0.25) is 0 Å². The van der Waals surface area contributed by atoms with E-state index in [4.69, 9.17) is 10.2 Å². The normalized spacial score (nSPS) is 13.0. The molecule has 21 heavy (non-hydrogen) atoms. The van der Waals surface area contributed by atoms with Crippen LogP contribution in [0, 0.1) is 0 Å². The van der Waals surface area contributed by atoms with Gasteiger partial charge in [-0.1, -0.05) is 0 Å². The Kier molecular flexibility index (Phi) is 6.78. The number of nitrogens with one attached hydrogen (secondary N) is 1. The minimum atomic E-state index is -4.01. The van der Waals surface area contributed by atoms with E-state index in [1.54, 1.807) is 0 Å². The molecule has 11 heteroatoms. The summed E-state index contributed by atoms with van der Waals surface area (Å²) in [5.41, 5.74) is 0. The average molecular weight is 465 g/mol. The molecule has 0 bridgehead atoms. The summed E-state index contributed by atoms with van der Waals surface area (Å²) < 4.78 is 27.3. The second-order valence-corrected chi connectivity index (χ2v) is 9.42. The molecule has 0 amide bonds. The predicted molar refractivity (Wildman–Crippen MR) is 83.0 cm³/mol. The molecule has 0 spiro atoms. The van der Waals surface area contributed by atoms with Crippen molar-refractivity contribution in [3.8, 4) is 0 Å². The quantitative estimate of drug-likeness (QED) is 0.542. The Morgan fingerprint density at radius 3 is 2.38 bits per heavy atom. The van der Waals surface area contributed by atoms with Crippen LogP contribution in [-0.2, 0) is 19.6 Å². The van der Waals surface area contributed by atoms with E-state index in [9.17, 15) is 18.0 Å². The lowest BCUT2D eigenvalue weighted by atomic mass is 10.1. The van der Waals surface area contributed by atoms with Crippen molar-refractivity contribution in [2.45, 2.75) is 30.2 Å². The van der Waals surface area contributed by atoms with Gasteiger partial charge >= 0.3 is 11.9 Å². The van der Waals surface area contributed by atoms with Crippen LogP contribution in [0.5, 0.6) is 0 Å². The van der Waals surface area contributed by atoms with Gasteiger partial charge in [0.25, 0.3) is 0 Å². The third kappa shape index (κ3) is 5.66. The Labute approximate surface area is 141 Å². The number of hydrogen-bond donors (Lipinski definition) is 3. The second-order valence-electron chi connectivity index (χ2n) is 3.99. The summed E-state index contributed by atoms with van der Waals surface area (Å²) in [6.07, 6.45) is -0.272. The second kappa shape index (κ2) is 7.68. The maximum absolute atomic E-state index is 12.1. The van der Waals surface area contributed by atoms with E-state index in [2.05, 4.69) is 36.6 Å². The van der Waals surface area contributed by atoms with E-state index >= 15 is 0 Å². The first-order valence-corrected chi connectivity index (χ1v) is 9.44. The smallest absolute Gasteiger partial charge is 0.321 e. The molecule has 0 aromatic carbocycles. The number of carboxylic acid groups (broad SMARTS) is 2. The summed E-state index contributed by atoms with van der Waals surface area (Å²) in [7, 11) is -4.01. The summed E-state index contributed by atoms with van der Waals surface area (Å²) in [6, 6.07) is -0.0207. The lowest BCUT2D eigenvalue weighted by molar-refractivity contribution is -0.140. The molecular formula is C10H11Br2NO6S2. The maximum atomic E-state index is 12.1. The van der Waals surface area contributed by atoms with Gasteiger partial charge in [0.2, 0.25) is 10.0 Å². The van der Waals surface area contributed by atoms with E-state index in [-0.39, 0.29) is 24.2 Å². The number of halogens is 2. The number of carboxylic acids is 2. The fraction of sp³-hybridized carbons (Fsp3) is 0.400. The first-order valence-electron chi connectivity index (χ1n) is 5.55. The third-order valence-corrected chi connectivity index (χ3v) is 6.62. The van der Waals surface area contributed by atoms with Crippen LogP contribution in [-0.4, -0.2) is 36.6 Å². The summed E-state index contributed by atoms with van der Waals surface area (Å²) in [5.74, 6) is -2.42. The van der Waals surface area contributed by atoms with Crippen molar-refractivity contribution in [1.29, 1.82) is 0 Å². The molecule has 0 saturated heterocycles. The van der Waals surface area contributed by atoms with E-state index in [1.807, 2.05) is 0 Å². The number of sulfonamides is 1. The summed E-state index contributed by atoms with van der Waals surface area (Å²) in [6.45, 7) is 0. The average Bonchev–Trinajstić information content (AvgIpc) is 2.67. The minimum Gasteiger partial charge on any atom is -0.481 e. The highest BCUT2D eigenvalue weighted by molar-refractivity contribution is 9.12. The van der Waals surface area contributed by atoms with Crippen molar-refractivity contribution in [2.24, 2.45) is 0 Å². The Hall–Kier alpha value is -0.490. The lowest BCUT2D eigenvalue weighted by Crippen LogP contribution is -2.40. The van der Waals surface area contributed by atoms with Gasteiger partial charge in [-0.3, -0.25) is 9.59 Å². The standard InChI is InChI=1S/C10H11Br2NO6S2/c11-7-4-6(9(12)20-7)21(18,19)13-5(10(16)17)2-1-3-8(14)15/h4-5,13H,1-3H2,(H,14,15)(H,16,17)/t5-/m1/s1. The Balaban J connectivity index is 2.85. The topological polar surface area (TPSA) is 121 Å². The molecule has 0 fully saturated rings. The van der Waals surface area contributed by atoms with Gasteiger partial charge in [0, 0.05) is 6.42 Å². The van der Waals surface area contributed by atoms with Gasteiger partial charge in [-0.25, -0.2) is 8.42 Å². The van der Waals surface area contributed by atoms with Crippen LogP contribution in [0.1, 0.15) is 19.3 Å². The van der Waals surface area contributed by atoms with E-state index in [0.717, 1.165) is 11.3 Å². The molecular weight excluding hydrogens is 454 g/mol. The van der Waals surface area contributed by atoms with Gasteiger partial charge in [-0.2, -0.15) is 4.72 Å². The molecule has 1 atom stereocenters. The monoisotopic (exact) mass is 463 g/mol. The van der Waals surface area contributed by atoms with Crippen LogP contribution in [0.4, 0.5) is 0 Å². The van der Waals surface area contributed by atoms with Gasteiger partial charge in [-0.05, 0) is 50.8 Å². The first-order chi connectivity index (χ1) is 9.63. The van der Waals surface area contributed by atoms with Crippen molar-refractivity contribution in [3.63, 3.8) is 0 Å². The van der Waals surface area contributed by atoms with Crippen molar-refractivity contribution in [2.75, 3.05) is 0 Å². The number of aliphatic carboxylic acids is 2. The highest BCUT2D eigenvalue weighted by atomic mass is 79.9. The zero-order valence-electron chi connectivity index (χ0n) is 10.4.